The smallest absolute Gasteiger partial charge is 0.146 e. The Morgan fingerprint density at radius 2 is 2.25 bits per heavy atom. The Balaban J connectivity index is 2.40. The minimum Gasteiger partial charge on any atom is -0.270 e. The number of hydrogen-bond donors (Lipinski definition) is 2. The third-order valence-electron chi connectivity index (χ3n) is 2.11. The quantitative estimate of drug-likeness (QED) is 0.656. The van der Waals surface area contributed by atoms with Crippen LogP contribution in [-0.2, 0) is 0 Å². The zero-order valence-corrected chi connectivity index (χ0v) is 9.73. The van der Waals surface area contributed by atoms with Crippen LogP contribution in [0.3, 0.4) is 0 Å². The van der Waals surface area contributed by atoms with Crippen molar-refractivity contribution in [3.63, 3.8) is 0 Å². The van der Waals surface area contributed by atoms with Gasteiger partial charge >= 0.3 is 0 Å². The zero-order chi connectivity index (χ0) is 11.5. The lowest BCUT2D eigenvalue weighted by Crippen LogP contribution is -2.29. The maximum absolute atomic E-state index is 13.5. The highest BCUT2D eigenvalue weighted by molar-refractivity contribution is 7.16. The summed E-state index contributed by atoms with van der Waals surface area (Å²) >= 11 is 7.16. The molecular formula is C10H9ClFN3S. The van der Waals surface area contributed by atoms with E-state index in [1.54, 1.807) is 12.1 Å². The lowest BCUT2D eigenvalue weighted by Gasteiger charge is -2.13. The van der Waals surface area contributed by atoms with Crippen molar-refractivity contribution in [2.24, 2.45) is 5.84 Å². The van der Waals surface area contributed by atoms with Gasteiger partial charge in [-0.2, -0.15) is 0 Å². The fourth-order valence-electron chi connectivity index (χ4n) is 1.39. The Hall–Kier alpha value is -1.01. The van der Waals surface area contributed by atoms with Gasteiger partial charge in [-0.25, -0.2) is 9.82 Å². The van der Waals surface area contributed by atoms with Gasteiger partial charge in [-0.15, -0.1) is 11.3 Å². The second-order valence-electron chi connectivity index (χ2n) is 3.11. The molecule has 84 valence electrons. The number of pyridine rings is 1. The molecular weight excluding hydrogens is 249 g/mol. The van der Waals surface area contributed by atoms with E-state index >= 15 is 0 Å². The molecule has 0 saturated carbocycles. The first-order valence-electron chi connectivity index (χ1n) is 4.54. The van der Waals surface area contributed by atoms with Crippen LogP contribution in [0.5, 0.6) is 0 Å². The first-order chi connectivity index (χ1) is 7.72. The van der Waals surface area contributed by atoms with Gasteiger partial charge in [0.1, 0.15) is 11.9 Å². The summed E-state index contributed by atoms with van der Waals surface area (Å²) in [6, 6.07) is 5.95. The SMILES string of the molecule is NNC(c1ccc(Cl)s1)c1ncccc1F. The van der Waals surface area contributed by atoms with E-state index in [1.807, 2.05) is 0 Å². The third-order valence-corrected chi connectivity index (χ3v) is 3.40. The second-order valence-corrected chi connectivity index (χ2v) is 4.86. The number of thiophene rings is 1. The van der Waals surface area contributed by atoms with Gasteiger partial charge in [0.2, 0.25) is 0 Å². The highest BCUT2D eigenvalue weighted by Crippen LogP contribution is 2.30. The van der Waals surface area contributed by atoms with Gasteiger partial charge in [0.05, 0.1) is 10.0 Å². The Labute approximate surface area is 101 Å². The molecule has 0 saturated heterocycles. The summed E-state index contributed by atoms with van der Waals surface area (Å²) < 4.78 is 14.2. The van der Waals surface area contributed by atoms with Crippen molar-refractivity contribution in [3.8, 4) is 0 Å². The first kappa shape index (κ1) is 11.5. The van der Waals surface area contributed by atoms with Gasteiger partial charge in [0, 0.05) is 11.1 Å². The zero-order valence-electron chi connectivity index (χ0n) is 8.15. The van der Waals surface area contributed by atoms with Crippen molar-refractivity contribution >= 4 is 22.9 Å². The van der Waals surface area contributed by atoms with E-state index in [0.717, 1.165) is 4.88 Å². The van der Waals surface area contributed by atoms with Gasteiger partial charge < -0.3 is 0 Å². The summed E-state index contributed by atoms with van der Waals surface area (Å²) in [5.74, 6) is 5.03. The van der Waals surface area contributed by atoms with Crippen LogP contribution in [0, 0.1) is 5.82 Å². The lowest BCUT2D eigenvalue weighted by molar-refractivity contribution is 0.548. The molecule has 16 heavy (non-hydrogen) atoms. The summed E-state index contributed by atoms with van der Waals surface area (Å²) in [5, 5.41) is 0. The molecule has 0 aliphatic carbocycles. The molecule has 0 aliphatic heterocycles. The van der Waals surface area contributed by atoms with Crippen LogP contribution < -0.4 is 11.3 Å². The van der Waals surface area contributed by atoms with E-state index in [4.69, 9.17) is 17.4 Å². The molecule has 0 amide bonds. The Bertz CT molecular complexity index is 488. The van der Waals surface area contributed by atoms with Crippen molar-refractivity contribution in [2.75, 3.05) is 0 Å². The standard InChI is InChI=1S/C10H9ClFN3S/c11-8-4-3-7(16-8)10(15-13)9-6(12)2-1-5-14-9/h1-5,10,15H,13H2. The van der Waals surface area contributed by atoms with E-state index in [1.165, 1.54) is 29.7 Å². The Morgan fingerprint density at radius 3 is 2.81 bits per heavy atom. The molecule has 2 rings (SSSR count). The van der Waals surface area contributed by atoms with Crippen LogP contribution in [0.25, 0.3) is 0 Å². The maximum Gasteiger partial charge on any atom is 0.146 e. The van der Waals surface area contributed by atoms with Crippen LogP contribution in [0.1, 0.15) is 16.6 Å². The number of hydrazine groups is 1. The van der Waals surface area contributed by atoms with Crippen LogP contribution in [-0.4, -0.2) is 4.98 Å². The molecule has 3 N–H and O–H groups in total. The van der Waals surface area contributed by atoms with Crippen molar-refractivity contribution in [3.05, 3.63) is 51.2 Å². The highest BCUT2D eigenvalue weighted by atomic mass is 35.5. The average Bonchev–Trinajstić information content (AvgIpc) is 2.69. The van der Waals surface area contributed by atoms with Gasteiger partial charge in [0.15, 0.2) is 0 Å². The van der Waals surface area contributed by atoms with Gasteiger partial charge in [0.25, 0.3) is 0 Å². The molecule has 2 aromatic heterocycles. The Kier molecular flexibility index (Phi) is 3.50. The van der Waals surface area contributed by atoms with Gasteiger partial charge in [-0.05, 0) is 24.3 Å². The molecule has 0 aliphatic rings. The highest BCUT2D eigenvalue weighted by Gasteiger charge is 2.19. The summed E-state index contributed by atoms with van der Waals surface area (Å²) in [6.45, 7) is 0. The summed E-state index contributed by atoms with van der Waals surface area (Å²) in [6.07, 6.45) is 1.53. The molecule has 1 atom stereocenters. The molecule has 0 radical (unpaired) electrons. The van der Waals surface area contributed by atoms with Gasteiger partial charge in [-0.1, -0.05) is 11.6 Å². The number of rotatable bonds is 3. The number of halogens is 2. The summed E-state index contributed by atoms with van der Waals surface area (Å²) in [4.78, 5) is 4.81. The lowest BCUT2D eigenvalue weighted by atomic mass is 10.1. The molecule has 2 heterocycles. The Morgan fingerprint density at radius 1 is 1.44 bits per heavy atom. The topological polar surface area (TPSA) is 50.9 Å². The summed E-state index contributed by atoms with van der Waals surface area (Å²) in [5.41, 5.74) is 2.81. The second kappa shape index (κ2) is 4.88. The minimum atomic E-state index is -0.473. The number of aromatic nitrogens is 1. The molecule has 1 unspecified atom stereocenters. The van der Waals surface area contributed by atoms with Crippen LogP contribution in [0.4, 0.5) is 4.39 Å². The van der Waals surface area contributed by atoms with Crippen LogP contribution >= 0.6 is 22.9 Å². The van der Waals surface area contributed by atoms with Crippen molar-refractivity contribution in [2.45, 2.75) is 6.04 Å². The van der Waals surface area contributed by atoms with Crippen LogP contribution in [0.15, 0.2) is 30.5 Å². The first-order valence-corrected chi connectivity index (χ1v) is 5.73. The molecule has 6 heteroatoms. The molecule has 3 nitrogen and oxygen atoms in total. The fourth-order valence-corrected chi connectivity index (χ4v) is 2.51. The molecule has 0 spiro atoms. The third kappa shape index (κ3) is 2.22. The van der Waals surface area contributed by atoms with E-state index < -0.39 is 11.9 Å². The number of nitrogens with zero attached hydrogens (tertiary/aromatic N) is 1. The van der Waals surface area contributed by atoms with E-state index in [-0.39, 0.29) is 5.69 Å². The van der Waals surface area contributed by atoms with E-state index in [0.29, 0.717) is 4.34 Å². The molecule has 0 fully saturated rings. The predicted octanol–water partition coefficient (Wildman–Crippen LogP) is 2.49. The van der Waals surface area contributed by atoms with Crippen LogP contribution in [0.2, 0.25) is 4.34 Å². The van der Waals surface area contributed by atoms with Crippen molar-refractivity contribution < 1.29 is 4.39 Å². The predicted molar refractivity (Wildman–Crippen MR) is 62.7 cm³/mol. The molecule has 0 aromatic carbocycles. The number of nitrogens with two attached hydrogens (primary N) is 1. The normalized spacial score (nSPS) is 12.7. The number of nitrogens with one attached hydrogen (secondary N) is 1. The van der Waals surface area contributed by atoms with E-state index in [9.17, 15) is 4.39 Å². The molecule has 2 aromatic rings. The summed E-state index contributed by atoms with van der Waals surface area (Å²) in [7, 11) is 0. The molecule has 0 bridgehead atoms. The number of hydrogen-bond acceptors (Lipinski definition) is 4. The van der Waals surface area contributed by atoms with Crippen molar-refractivity contribution in [1.82, 2.24) is 10.4 Å². The monoisotopic (exact) mass is 257 g/mol. The van der Waals surface area contributed by atoms with Crippen molar-refractivity contribution in [1.29, 1.82) is 0 Å². The average molecular weight is 258 g/mol. The maximum atomic E-state index is 13.5. The minimum absolute atomic E-state index is 0.267. The fraction of sp³-hybridized carbons (Fsp3) is 0.100. The van der Waals surface area contributed by atoms with E-state index in [2.05, 4.69) is 10.4 Å². The van der Waals surface area contributed by atoms with Gasteiger partial charge in [-0.3, -0.25) is 10.8 Å². The largest absolute Gasteiger partial charge is 0.270 e.